The molecule has 1 aromatic carbocycles. The molecule has 0 radical (unpaired) electrons. The van der Waals surface area contributed by atoms with Gasteiger partial charge in [0.15, 0.2) is 0 Å². The van der Waals surface area contributed by atoms with Crippen molar-refractivity contribution in [2.75, 3.05) is 11.4 Å². The Morgan fingerprint density at radius 3 is 2.78 bits per heavy atom. The van der Waals surface area contributed by atoms with Crippen LogP contribution in [0.4, 0.5) is 5.69 Å². The van der Waals surface area contributed by atoms with Crippen LogP contribution in [0, 0.1) is 0 Å². The van der Waals surface area contributed by atoms with Crippen molar-refractivity contribution in [1.82, 2.24) is 5.32 Å². The number of halogens is 2. The standard InChI is InChI=1S/C16H21ClN2O3.ClH/c1-2-6-13(16(21)22)18-12-8-5-10-19(15(12)20)14-9-4-3-7-11(14)17;/h3-4,7,9,12-13,18H,2,5-6,8,10H2,1H3,(H,21,22);1H. The summed E-state index contributed by atoms with van der Waals surface area (Å²) in [6, 6.07) is 6.05. The molecular formula is C16H22Cl2N2O3. The molecule has 0 saturated carbocycles. The second-order valence-electron chi connectivity index (χ2n) is 5.48. The third kappa shape index (κ3) is 4.83. The Morgan fingerprint density at radius 1 is 1.48 bits per heavy atom. The van der Waals surface area contributed by atoms with Crippen molar-refractivity contribution in [2.45, 2.75) is 44.7 Å². The number of anilines is 1. The Morgan fingerprint density at radius 2 is 2.17 bits per heavy atom. The number of hydrogen-bond donors (Lipinski definition) is 2. The molecule has 1 amide bonds. The van der Waals surface area contributed by atoms with Crippen LogP contribution in [-0.4, -0.2) is 35.6 Å². The van der Waals surface area contributed by atoms with E-state index in [1.807, 2.05) is 25.1 Å². The Labute approximate surface area is 147 Å². The lowest BCUT2D eigenvalue weighted by molar-refractivity contribution is -0.140. The first-order valence-electron chi connectivity index (χ1n) is 7.59. The number of piperidine rings is 1. The van der Waals surface area contributed by atoms with E-state index in [1.165, 1.54) is 0 Å². The van der Waals surface area contributed by atoms with Crippen LogP contribution in [0.5, 0.6) is 0 Å². The summed E-state index contributed by atoms with van der Waals surface area (Å²) in [7, 11) is 0. The molecule has 23 heavy (non-hydrogen) atoms. The van der Waals surface area contributed by atoms with E-state index >= 15 is 0 Å². The van der Waals surface area contributed by atoms with Crippen LogP contribution < -0.4 is 10.2 Å². The van der Waals surface area contributed by atoms with Crippen molar-refractivity contribution < 1.29 is 14.7 Å². The number of para-hydroxylation sites is 1. The van der Waals surface area contributed by atoms with Gasteiger partial charge in [0, 0.05) is 6.54 Å². The monoisotopic (exact) mass is 360 g/mol. The number of aliphatic carboxylic acids is 1. The van der Waals surface area contributed by atoms with E-state index < -0.39 is 18.1 Å². The molecule has 1 saturated heterocycles. The zero-order valence-electron chi connectivity index (χ0n) is 13.0. The fraction of sp³-hybridized carbons (Fsp3) is 0.500. The Balaban J connectivity index is 0.00000264. The van der Waals surface area contributed by atoms with Gasteiger partial charge in [0.2, 0.25) is 5.91 Å². The minimum absolute atomic E-state index is 0. The lowest BCUT2D eigenvalue weighted by atomic mass is 10.0. The molecule has 2 unspecified atom stereocenters. The number of carboxylic acid groups (broad SMARTS) is 1. The summed E-state index contributed by atoms with van der Waals surface area (Å²) in [5.41, 5.74) is 0.683. The number of nitrogens with one attached hydrogen (secondary N) is 1. The zero-order valence-corrected chi connectivity index (χ0v) is 14.6. The van der Waals surface area contributed by atoms with Crippen LogP contribution in [0.3, 0.4) is 0 Å². The number of carboxylic acids is 1. The van der Waals surface area contributed by atoms with Gasteiger partial charge in [-0.1, -0.05) is 37.1 Å². The van der Waals surface area contributed by atoms with Gasteiger partial charge in [0.25, 0.3) is 0 Å². The average Bonchev–Trinajstić information content (AvgIpc) is 2.49. The highest BCUT2D eigenvalue weighted by Crippen LogP contribution is 2.28. The second kappa shape index (κ2) is 9.11. The summed E-state index contributed by atoms with van der Waals surface area (Å²) in [5, 5.41) is 12.8. The van der Waals surface area contributed by atoms with Gasteiger partial charge in [0.1, 0.15) is 6.04 Å². The van der Waals surface area contributed by atoms with Crippen LogP contribution in [0.25, 0.3) is 0 Å². The highest BCUT2D eigenvalue weighted by molar-refractivity contribution is 6.33. The number of rotatable bonds is 6. The molecule has 5 nitrogen and oxygen atoms in total. The molecule has 1 heterocycles. The highest BCUT2D eigenvalue weighted by atomic mass is 35.5. The Kier molecular flexibility index (Phi) is 7.82. The number of hydrogen-bond acceptors (Lipinski definition) is 3. The third-order valence-corrected chi connectivity index (χ3v) is 4.18. The molecule has 0 aromatic heterocycles. The topological polar surface area (TPSA) is 69.6 Å². The van der Waals surface area contributed by atoms with Crippen molar-refractivity contribution in [2.24, 2.45) is 0 Å². The first-order valence-corrected chi connectivity index (χ1v) is 7.97. The minimum atomic E-state index is -0.912. The van der Waals surface area contributed by atoms with Gasteiger partial charge >= 0.3 is 5.97 Å². The van der Waals surface area contributed by atoms with Crippen molar-refractivity contribution in [3.8, 4) is 0 Å². The van der Waals surface area contributed by atoms with Gasteiger partial charge in [-0.25, -0.2) is 0 Å². The largest absolute Gasteiger partial charge is 0.480 e. The molecule has 128 valence electrons. The fourth-order valence-corrected chi connectivity index (χ4v) is 2.99. The summed E-state index contributed by atoms with van der Waals surface area (Å²) in [6.07, 6.45) is 2.71. The predicted molar refractivity (Wildman–Crippen MR) is 93.5 cm³/mol. The van der Waals surface area contributed by atoms with Gasteiger partial charge in [-0.05, 0) is 31.4 Å². The lowest BCUT2D eigenvalue weighted by Gasteiger charge is -2.34. The van der Waals surface area contributed by atoms with E-state index in [2.05, 4.69) is 5.32 Å². The molecule has 0 spiro atoms. The molecule has 2 atom stereocenters. The van der Waals surface area contributed by atoms with E-state index in [-0.39, 0.29) is 18.3 Å². The number of nitrogens with zero attached hydrogens (tertiary/aromatic N) is 1. The molecule has 2 rings (SSSR count). The summed E-state index contributed by atoms with van der Waals surface area (Å²) >= 11 is 6.17. The summed E-state index contributed by atoms with van der Waals surface area (Å²) in [6.45, 7) is 2.53. The number of carbonyl (C=O) groups excluding carboxylic acids is 1. The van der Waals surface area contributed by atoms with Crippen molar-refractivity contribution in [3.05, 3.63) is 29.3 Å². The number of carbonyl (C=O) groups is 2. The van der Waals surface area contributed by atoms with Gasteiger partial charge < -0.3 is 10.0 Å². The molecule has 1 aromatic rings. The van der Waals surface area contributed by atoms with Crippen molar-refractivity contribution in [3.63, 3.8) is 0 Å². The molecule has 7 heteroatoms. The molecule has 1 fully saturated rings. The third-order valence-electron chi connectivity index (χ3n) is 3.86. The lowest BCUT2D eigenvalue weighted by Crippen LogP contribution is -2.55. The number of benzene rings is 1. The average molecular weight is 361 g/mol. The van der Waals surface area contributed by atoms with E-state index in [0.717, 1.165) is 12.8 Å². The summed E-state index contributed by atoms with van der Waals surface area (Å²) in [5.74, 6) is -1.02. The van der Waals surface area contributed by atoms with Crippen molar-refractivity contribution >= 4 is 41.6 Å². The quantitative estimate of drug-likeness (QED) is 0.817. The Bertz CT molecular complexity index is 554. The van der Waals surface area contributed by atoms with Gasteiger partial charge in [-0.2, -0.15) is 0 Å². The molecular weight excluding hydrogens is 339 g/mol. The van der Waals surface area contributed by atoms with Crippen LogP contribution in [0.1, 0.15) is 32.6 Å². The maximum Gasteiger partial charge on any atom is 0.320 e. The maximum atomic E-state index is 12.7. The van der Waals surface area contributed by atoms with E-state index in [1.54, 1.807) is 11.0 Å². The fourth-order valence-electron chi connectivity index (χ4n) is 2.75. The molecule has 0 aliphatic carbocycles. The van der Waals surface area contributed by atoms with E-state index in [4.69, 9.17) is 11.6 Å². The van der Waals surface area contributed by atoms with E-state index in [9.17, 15) is 14.7 Å². The summed E-state index contributed by atoms with van der Waals surface area (Å²) < 4.78 is 0. The van der Waals surface area contributed by atoms with Crippen LogP contribution in [-0.2, 0) is 9.59 Å². The van der Waals surface area contributed by atoms with Crippen LogP contribution >= 0.6 is 24.0 Å². The van der Waals surface area contributed by atoms with Crippen LogP contribution in [0.2, 0.25) is 5.02 Å². The van der Waals surface area contributed by atoms with Crippen LogP contribution in [0.15, 0.2) is 24.3 Å². The molecule has 2 N–H and O–H groups in total. The first-order chi connectivity index (χ1) is 10.5. The summed E-state index contributed by atoms with van der Waals surface area (Å²) in [4.78, 5) is 25.6. The van der Waals surface area contributed by atoms with Crippen molar-refractivity contribution in [1.29, 1.82) is 0 Å². The van der Waals surface area contributed by atoms with Gasteiger partial charge in [-0.15, -0.1) is 12.4 Å². The highest BCUT2D eigenvalue weighted by Gasteiger charge is 2.33. The Hall–Kier alpha value is -1.30. The molecule has 0 bridgehead atoms. The normalized spacial score (nSPS) is 19.1. The molecule has 1 aliphatic rings. The van der Waals surface area contributed by atoms with E-state index in [0.29, 0.717) is 30.1 Å². The predicted octanol–water partition coefficient (Wildman–Crippen LogP) is 3.10. The maximum absolute atomic E-state index is 12.7. The smallest absolute Gasteiger partial charge is 0.320 e. The molecule has 1 aliphatic heterocycles. The number of amides is 1. The second-order valence-corrected chi connectivity index (χ2v) is 5.89. The minimum Gasteiger partial charge on any atom is -0.480 e. The van der Waals surface area contributed by atoms with Gasteiger partial charge in [0.05, 0.1) is 16.8 Å². The van der Waals surface area contributed by atoms with Gasteiger partial charge in [-0.3, -0.25) is 14.9 Å². The SMILES string of the molecule is CCCC(NC1CCCN(c2ccccc2Cl)C1=O)C(=O)O.Cl. The zero-order chi connectivity index (χ0) is 16.1. The first kappa shape index (κ1) is 19.7.